The monoisotopic (exact) mass is 447 g/mol. The molecule has 0 spiro atoms. The van der Waals surface area contributed by atoms with Crippen LogP contribution in [-0.4, -0.2) is 25.7 Å². The zero-order valence-corrected chi connectivity index (χ0v) is 18.9. The zero-order valence-electron chi connectivity index (χ0n) is 18.1. The smallest absolute Gasteiger partial charge is 0.261 e. The van der Waals surface area contributed by atoms with Crippen molar-refractivity contribution in [2.45, 2.75) is 40.2 Å². The standard InChI is InChI=1S/C24H22FN5OS/c1-13-11-14(2)26-18(12-13)21-15(3)32-24(27-21)28-23(31)20-19-9-6-10-30(19)29-22(20)16-7-4-5-8-17(16)25/h4-5,7-8,11-12H,6,9-10H2,1-3H3,(H,27,28,31). The van der Waals surface area contributed by atoms with Gasteiger partial charge in [-0.25, -0.2) is 9.37 Å². The molecule has 1 aliphatic heterocycles. The molecule has 0 radical (unpaired) electrons. The number of aryl methyl sites for hydroxylation is 4. The third kappa shape index (κ3) is 3.60. The lowest BCUT2D eigenvalue weighted by molar-refractivity contribution is 0.102. The molecular formula is C24H22FN5OS. The van der Waals surface area contributed by atoms with E-state index in [1.54, 1.807) is 18.2 Å². The van der Waals surface area contributed by atoms with E-state index in [9.17, 15) is 9.18 Å². The van der Waals surface area contributed by atoms with Gasteiger partial charge in [0.2, 0.25) is 0 Å². The predicted molar refractivity (Wildman–Crippen MR) is 123 cm³/mol. The number of amides is 1. The number of pyridine rings is 1. The molecule has 0 unspecified atom stereocenters. The van der Waals surface area contributed by atoms with Crippen molar-refractivity contribution >= 4 is 22.4 Å². The third-order valence-electron chi connectivity index (χ3n) is 5.55. The summed E-state index contributed by atoms with van der Waals surface area (Å²) < 4.78 is 16.3. The lowest BCUT2D eigenvalue weighted by atomic mass is 10.0. The molecule has 0 saturated heterocycles. The molecule has 1 aromatic carbocycles. The highest BCUT2D eigenvalue weighted by atomic mass is 32.1. The minimum absolute atomic E-state index is 0.319. The third-order valence-corrected chi connectivity index (χ3v) is 6.44. The Morgan fingerprint density at radius 1 is 1.12 bits per heavy atom. The number of benzene rings is 1. The zero-order chi connectivity index (χ0) is 22.4. The lowest BCUT2D eigenvalue weighted by Gasteiger charge is -2.06. The van der Waals surface area contributed by atoms with E-state index in [4.69, 9.17) is 0 Å². The fourth-order valence-electron chi connectivity index (χ4n) is 4.22. The van der Waals surface area contributed by atoms with Gasteiger partial charge in [-0.3, -0.25) is 19.8 Å². The Hall–Kier alpha value is -3.39. The Morgan fingerprint density at radius 3 is 2.72 bits per heavy atom. The number of fused-ring (bicyclic) bond motifs is 1. The Balaban J connectivity index is 1.51. The second-order valence-corrected chi connectivity index (χ2v) is 9.23. The molecule has 1 N–H and O–H groups in total. The van der Waals surface area contributed by atoms with Crippen molar-refractivity contribution in [1.82, 2.24) is 19.7 Å². The number of hydrogen-bond acceptors (Lipinski definition) is 5. The first-order valence-electron chi connectivity index (χ1n) is 10.5. The molecule has 0 aliphatic carbocycles. The first-order chi connectivity index (χ1) is 15.4. The average molecular weight is 448 g/mol. The minimum atomic E-state index is -0.397. The van der Waals surface area contributed by atoms with E-state index in [1.807, 2.05) is 37.6 Å². The van der Waals surface area contributed by atoms with E-state index in [0.29, 0.717) is 22.0 Å². The van der Waals surface area contributed by atoms with Gasteiger partial charge in [0.1, 0.15) is 17.2 Å². The highest BCUT2D eigenvalue weighted by Crippen LogP contribution is 2.34. The normalized spacial score (nSPS) is 12.8. The Labute approximate surface area is 189 Å². The van der Waals surface area contributed by atoms with Gasteiger partial charge < -0.3 is 0 Å². The van der Waals surface area contributed by atoms with Gasteiger partial charge in [0.15, 0.2) is 5.13 Å². The van der Waals surface area contributed by atoms with E-state index >= 15 is 0 Å². The molecule has 0 saturated carbocycles. The summed E-state index contributed by atoms with van der Waals surface area (Å²) in [6, 6.07) is 10.4. The number of anilines is 1. The molecule has 3 aromatic heterocycles. The van der Waals surface area contributed by atoms with E-state index in [-0.39, 0.29) is 5.91 Å². The number of rotatable bonds is 4. The molecule has 1 amide bonds. The van der Waals surface area contributed by atoms with E-state index < -0.39 is 5.82 Å². The molecule has 8 heteroatoms. The number of nitrogens with zero attached hydrogens (tertiary/aromatic N) is 4. The summed E-state index contributed by atoms with van der Waals surface area (Å²) >= 11 is 1.40. The summed E-state index contributed by atoms with van der Waals surface area (Å²) in [6.07, 6.45) is 1.65. The fourth-order valence-corrected chi connectivity index (χ4v) is 5.04. The van der Waals surface area contributed by atoms with Crippen LogP contribution >= 0.6 is 11.3 Å². The van der Waals surface area contributed by atoms with Crippen LogP contribution in [0.5, 0.6) is 0 Å². The number of hydrogen-bond donors (Lipinski definition) is 1. The number of halogens is 1. The van der Waals surface area contributed by atoms with Crippen LogP contribution in [0.15, 0.2) is 36.4 Å². The van der Waals surface area contributed by atoms with Gasteiger partial charge in [0.25, 0.3) is 5.91 Å². The van der Waals surface area contributed by atoms with Crippen LogP contribution in [0.4, 0.5) is 9.52 Å². The molecule has 0 fully saturated rings. The summed E-state index contributed by atoms with van der Waals surface area (Å²) in [5, 5.41) is 7.98. The van der Waals surface area contributed by atoms with Crippen LogP contribution in [0, 0.1) is 26.6 Å². The van der Waals surface area contributed by atoms with Gasteiger partial charge in [-0.1, -0.05) is 12.1 Å². The maximum absolute atomic E-state index is 14.5. The fraction of sp³-hybridized carbons (Fsp3) is 0.250. The largest absolute Gasteiger partial charge is 0.298 e. The van der Waals surface area contributed by atoms with Crippen molar-refractivity contribution in [3.05, 3.63) is 69.6 Å². The number of aromatic nitrogens is 4. The van der Waals surface area contributed by atoms with E-state index in [1.165, 1.54) is 17.4 Å². The average Bonchev–Trinajstić information content (AvgIpc) is 3.41. The topological polar surface area (TPSA) is 72.7 Å². The minimum Gasteiger partial charge on any atom is -0.298 e. The summed E-state index contributed by atoms with van der Waals surface area (Å²) in [7, 11) is 0. The van der Waals surface area contributed by atoms with E-state index in [0.717, 1.165) is 52.6 Å². The van der Waals surface area contributed by atoms with E-state index in [2.05, 4.69) is 20.4 Å². The summed E-state index contributed by atoms with van der Waals surface area (Å²) in [4.78, 5) is 23.6. The maximum atomic E-state index is 14.5. The SMILES string of the molecule is Cc1cc(C)nc(-c2nc(NC(=O)c3c(-c4ccccc4F)nn4c3CCC4)sc2C)c1. The van der Waals surface area contributed by atoms with Crippen molar-refractivity contribution in [2.75, 3.05) is 5.32 Å². The molecule has 4 aromatic rings. The number of carbonyl (C=O) groups excluding carboxylic acids is 1. The van der Waals surface area contributed by atoms with Crippen LogP contribution < -0.4 is 5.32 Å². The number of thiazole rings is 1. The predicted octanol–water partition coefficient (Wildman–Crippen LogP) is 5.33. The van der Waals surface area contributed by atoms with Crippen LogP contribution in [-0.2, 0) is 13.0 Å². The van der Waals surface area contributed by atoms with Gasteiger partial charge in [0.05, 0.1) is 17.0 Å². The van der Waals surface area contributed by atoms with Crippen LogP contribution in [0.25, 0.3) is 22.6 Å². The van der Waals surface area contributed by atoms with Crippen molar-refractivity contribution in [3.63, 3.8) is 0 Å². The van der Waals surface area contributed by atoms with Gasteiger partial charge >= 0.3 is 0 Å². The molecule has 6 nitrogen and oxygen atoms in total. The number of nitrogens with one attached hydrogen (secondary N) is 1. The summed E-state index contributed by atoms with van der Waals surface area (Å²) in [5.41, 5.74) is 5.53. The van der Waals surface area contributed by atoms with Gasteiger partial charge in [-0.05, 0) is 63.4 Å². The summed E-state index contributed by atoms with van der Waals surface area (Å²) in [6.45, 7) is 6.66. The van der Waals surface area contributed by atoms with Crippen molar-refractivity contribution < 1.29 is 9.18 Å². The summed E-state index contributed by atoms with van der Waals surface area (Å²) in [5.74, 6) is -0.716. The molecule has 0 bridgehead atoms. The molecular weight excluding hydrogens is 425 g/mol. The van der Waals surface area contributed by atoms with Crippen molar-refractivity contribution in [2.24, 2.45) is 0 Å². The van der Waals surface area contributed by atoms with Gasteiger partial charge in [-0.15, -0.1) is 11.3 Å². The van der Waals surface area contributed by atoms with Crippen LogP contribution in [0.1, 0.15) is 38.6 Å². The molecule has 0 atom stereocenters. The molecule has 162 valence electrons. The first kappa shape index (κ1) is 20.5. The quantitative estimate of drug-likeness (QED) is 0.459. The van der Waals surface area contributed by atoms with Gasteiger partial charge in [0, 0.05) is 22.7 Å². The lowest BCUT2D eigenvalue weighted by Crippen LogP contribution is -2.14. The Kier molecular flexibility index (Phi) is 5.09. The van der Waals surface area contributed by atoms with Crippen LogP contribution in [0.2, 0.25) is 0 Å². The highest BCUT2D eigenvalue weighted by molar-refractivity contribution is 7.16. The molecule has 32 heavy (non-hydrogen) atoms. The molecule has 5 rings (SSSR count). The Morgan fingerprint density at radius 2 is 1.94 bits per heavy atom. The second kappa shape index (κ2) is 7.94. The van der Waals surface area contributed by atoms with Crippen molar-refractivity contribution in [1.29, 1.82) is 0 Å². The molecule has 4 heterocycles. The van der Waals surface area contributed by atoms with Gasteiger partial charge in [-0.2, -0.15) is 5.10 Å². The van der Waals surface area contributed by atoms with Crippen LogP contribution in [0.3, 0.4) is 0 Å². The first-order valence-corrected chi connectivity index (χ1v) is 11.3. The number of carbonyl (C=O) groups is 1. The van der Waals surface area contributed by atoms with Crippen molar-refractivity contribution in [3.8, 4) is 22.6 Å². The highest BCUT2D eigenvalue weighted by Gasteiger charge is 2.29. The Bertz CT molecular complexity index is 1340. The second-order valence-electron chi connectivity index (χ2n) is 8.03. The maximum Gasteiger partial charge on any atom is 0.261 e. The molecule has 1 aliphatic rings.